The van der Waals surface area contributed by atoms with Crippen molar-refractivity contribution < 1.29 is 23.8 Å². The van der Waals surface area contributed by atoms with Crippen molar-refractivity contribution >= 4 is 17.6 Å². The first-order valence-electron chi connectivity index (χ1n) is 8.32. The van der Waals surface area contributed by atoms with Crippen LogP contribution in [0.3, 0.4) is 0 Å². The van der Waals surface area contributed by atoms with Crippen LogP contribution in [0, 0.1) is 11.3 Å². The van der Waals surface area contributed by atoms with Gasteiger partial charge >= 0.3 is 5.97 Å². The fourth-order valence-electron chi connectivity index (χ4n) is 2.28. The standard InChI is InChI=1S/C20H20N2O5/c1-4-26-18-11-14(9-10-17(18)25-3)20(24)27-13(2)19(23)22-16-8-6-5-7-15(16)12-21/h5-11,13H,4H2,1-3H3,(H,22,23)/t13-/m1/s1. The third-order valence-corrected chi connectivity index (χ3v) is 3.66. The van der Waals surface area contributed by atoms with E-state index in [0.717, 1.165) is 0 Å². The number of carbonyl (C=O) groups is 2. The van der Waals surface area contributed by atoms with Gasteiger partial charge in [-0.05, 0) is 44.2 Å². The second kappa shape index (κ2) is 9.25. The Kier molecular flexibility index (Phi) is 6.78. The number of para-hydroxylation sites is 1. The molecule has 7 heteroatoms. The number of ether oxygens (including phenoxy) is 3. The first-order valence-corrected chi connectivity index (χ1v) is 8.32. The lowest BCUT2D eigenvalue weighted by Gasteiger charge is -2.15. The maximum atomic E-state index is 12.3. The Labute approximate surface area is 157 Å². The van der Waals surface area contributed by atoms with Gasteiger partial charge in [0.15, 0.2) is 17.6 Å². The van der Waals surface area contributed by atoms with Crippen molar-refractivity contribution in [3.8, 4) is 17.6 Å². The number of nitrogens with zero attached hydrogens (tertiary/aromatic N) is 1. The highest BCUT2D eigenvalue weighted by atomic mass is 16.5. The summed E-state index contributed by atoms with van der Waals surface area (Å²) in [6.07, 6.45) is -1.05. The third kappa shape index (κ3) is 4.98. The molecule has 27 heavy (non-hydrogen) atoms. The van der Waals surface area contributed by atoms with Gasteiger partial charge in [0.2, 0.25) is 0 Å². The highest BCUT2D eigenvalue weighted by molar-refractivity contribution is 5.98. The number of hydrogen-bond acceptors (Lipinski definition) is 6. The van der Waals surface area contributed by atoms with Crippen LogP contribution >= 0.6 is 0 Å². The van der Waals surface area contributed by atoms with E-state index in [9.17, 15) is 9.59 Å². The van der Waals surface area contributed by atoms with Crippen molar-refractivity contribution in [1.29, 1.82) is 5.26 Å². The number of benzene rings is 2. The lowest BCUT2D eigenvalue weighted by molar-refractivity contribution is -0.123. The van der Waals surface area contributed by atoms with Crippen molar-refractivity contribution in [2.45, 2.75) is 20.0 Å². The van der Waals surface area contributed by atoms with Crippen LogP contribution in [0.1, 0.15) is 29.8 Å². The number of nitriles is 1. The summed E-state index contributed by atoms with van der Waals surface area (Å²) in [5, 5.41) is 11.7. The highest BCUT2D eigenvalue weighted by Gasteiger charge is 2.21. The Balaban J connectivity index is 2.07. The molecule has 0 aromatic heterocycles. The van der Waals surface area contributed by atoms with E-state index in [2.05, 4.69) is 5.32 Å². The first-order chi connectivity index (χ1) is 13.0. The summed E-state index contributed by atoms with van der Waals surface area (Å²) < 4.78 is 15.8. The summed E-state index contributed by atoms with van der Waals surface area (Å²) >= 11 is 0. The molecule has 0 heterocycles. The Morgan fingerprint density at radius 1 is 1.19 bits per heavy atom. The summed E-state index contributed by atoms with van der Waals surface area (Å²) in [6.45, 7) is 3.68. The van der Waals surface area contributed by atoms with Gasteiger partial charge in [-0.15, -0.1) is 0 Å². The molecule has 0 aliphatic carbocycles. The molecule has 0 saturated heterocycles. The van der Waals surface area contributed by atoms with Crippen LogP contribution in [0.4, 0.5) is 5.69 Å². The number of esters is 1. The average Bonchev–Trinajstić information content (AvgIpc) is 2.68. The topological polar surface area (TPSA) is 97.6 Å². The minimum absolute atomic E-state index is 0.233. The molecule has 0 saturated carbocycles. The summed E-state index contributed by atoms with van der Waals surface area (Å²) in [7, 11) is 1.50. The molecule has 0 aliphatic rings. The normalized spacial score (nSPS) is 11.0. The van der Waals surface area contributed by atoms with Gasteiger partial charge < -0.3 is 19.5 Å². The van der Waals surface area contributed by atoms with E-state index in [1.54, 1.807) is 30.3 Å². The van der Waals surface area contributed by atoms with Crippen LogP contribution in [0.15, 0.2) is 42.5 Å². The van der Waals surface area contributed by atoms with Crippen LogP contribution in [0.25, 0.3) is 0 Å². The molecule has 1 N–H and O–H groups in total. The van der Waals surface area contributed by atoms with Crippen molar-refractivity contribution in [3.63, 3.8) is 0 Å². The average molecular weight is 368 g/mol. The maximum absolute atomic E-state index is 12.3. The summed E-state index contributed by atoms with van der Waals surface area (Å²) in [6, 6.07) is 13.2. The van der Waals surface area contributed by atoms with Gasteiger partial charge in [0.25, 0.3) is 5.91 Å². The van der Waals surface area contributed by atoms with E-state index in [4.69, 9.17) is 19.5 Å². The first kappa shape index (κ1) is 19.8. The van der Waals surface area contributed by atoms with Gasteiger partial charge in [0, 0.05) is 0 Å². The number of carbonyl (C=O) groups excluding carboxylic acids is 2. The smallest absolute Gasteiger partial charge is 0.339 e. The molecule has 1 atom stereocenters. The van der Waals surface area contributed by atoms with Gasteiger partial charge in [0.1, 0.15) is 6.07 Å². The van der Waals surface area contributed by atoms with Crippen LogP contribution in [0.5, 0.6) is 11.5 Å². The number of anilines is 1. The fraction of sp³-hybridized carbons (Fsp3) is 0.250. The highest BCUT2D eigenvalue weighted by Crippen LogP contribution is 2.28. The number of nitrogens with one attached hydrogen (secondary N) is 1. The molecule has 140 valence electrons. The van der Waals surface area contributed by atoms with E-state index in [1.807, 2.05) is 13.0 Å². The number of methoxy groups -OCH3 is 1. The molecule has 0 bridgehead atoms. The molecule has 2 aromatic carbocycles. The summed E-state index contributed by atoms with van der Waals surface area (Å²) in [4.78, 5) is 24.6. The zero-order valence-electron chi connectivity index (χ0n) is 15.3. The maximum Gasteiger partial charge on any atom is 0.339 e. The fourth-order valence-corrected chi connectivity index (χ4v) is 2.28. The predicted octanol–water partition coefficient (Wildman–Crippen LogP) is 3.15. The molecule has 2 rings (SSSR count). The molecule has 0 fully saturated rings. The molecule has 0 unspecified atom stereocenters. The molecule has 1 amide bonds. The van der Waals surface area contributed by atoms with E-state index in [0.29, 0.717) is 29.4 Å². The zero-order valence-corrected chi connectivity index (χ0v) is 15.3. The van der Waals surface area contributed by atoms with Crippen molar-refractivity contribution in [1.82, 2.24) is 0 Å². The van der Waals surface area contributed by atoms with Gasteiger partial charge in [-0.1, -0.05) is 12.1 Å². The number of hydrogen-bond donors (Lipinski definition) is 1. The van der Waals surface area contributed by atoms with Gasteiger partial charge in [-0.2, -0.15) is 5.26 Å². The van der Waals surface area contributed by atoms with E-state index in [1.165, 1.54) is 26.2 Å². The van der Waals surface area contributed by atoms with Crippen LogP contribution in [-0.2, 0) is 9.53 Å². The second-order valence-corrected chi connectivity index (χ2v) is 5.49. The monoisotopic (exact) mass is 368 g/mol. The molecule has 0 aliphatic heterocycles. The number of amides is 1. The van der Waals surface area contributed by atoms with Gasteiger partial charge in [-0.25, -0.2) is 4.79 Å². The van der Waals surface area contributed by atoms with Crippen LogP contribution in [0.2, 0.25) is 0 Å². The summed E-state index contributed by atoms with van der Waals surface area (Å²) in [5.41, 5.74) is 0.910. The quantitative estimate of drug-likeness (QED) is 0.754. The summed E-state index contributed by atoms with van der Waals surface area (Å²) in [5.74, 6) is -0.304. The molecular weight excluding hydrogens is 348 g/mol. The Bertz CT molecular complexity index is 873. The van der Waals surface area contributed by atoms with Crippen molar-refractivity contribution in [3.05, 3.63) is 53.6 Å². The van der Waals surface area contributed by atoms with Crippen molar-refractivity contribution in [2.75, 3.05) is 19.0 Å². The van der Waals surface area contributed by atoms with Gasteiger partial charge in [0.05, 0.1) is 30.5 Å². The van der Waals surface area contributed by atoms with Crippen molar-refractivity contribution in [2.24, 2.45) is 0 Å². The molecular formula is C20H20N2O5. The third-order valence-electron chi connectivity index (χ3n) is 3.66. The lowest BCUT2D eigenvalue weighted by Crippen LogP contribution is -2.30. The largest absolute Gasteiger partial charge is 0.493 e. The minimum atomic E-state index is -1.05. The van der Waals surface area contributed by atoms with E-state index < -0.39 is 18.0 Å². The molecule has 0 radical (unpaired) electrons. The lowest BCUT2D eigenvalue weighted by atomic mass is 10.2. The predicted molar refractivity (Wildman–Crippen MR) is 98.8 cm³/mol. The minimum Gasteiger partial charge on any atom is -0.493 e. The molecule has 2 aromatic rings. The Morgan fingerprint density at radius 2 is 1.93 bits per heavy atom. The Morgan fingerprint density at radius 3 is 2.59 bits per heavy atom. The van der Waals surface area contributed by atoms with E-state index >= 15 is 0 Å². The SMILES string of the molecule is CCOc1cc(C(=O)O[C@H](C)C(=O)Nc2ccccc2C#N)ccc1OC. The second-order valence-electron chi connectivity index (χ2n) is 5.49. The zero-order chi connectivity index (χ0) is 19.8. The Hall–Kier alpha value is -3.53. The van der Waals surface area contributed by atoms with E-state index in [-0.39, 0.29) is 5.56 Å². The number of rotatable bonds is 7. The van der Waals surface area contributed by atoms with Crippen LogP contribution in [-0.4, -0.2) is 31.7 Å². The molecule has 0 spiro atoms. The molecule has 7 nitrogen and oxygen atoms in total. The van der Waals surface area contributed by atoms with Crippen LogP contribution < -0.4 is 14.8 Å². The van der Waals surface area contributed by atoms with Gasteiger partial charge in [-0.3, -0.25) is 4.79 Å².